The highest BCUT2D eigenvalue weighted by Crippen LogP contribution is 2.69. The Labute approximate surface area is 279 Å². The Morgan fingerprint density at radius 2 is 1.78 bits per heavy atom. The van der Waals surface area contributed by atoms with Crippen LogP contribution in [0.15, 0.2) is 49.6 Å². The molecule has 1 aliphatic carbocycles. The summed E-state index contributed by atoms with van der Waals surface area (Å²) < 4.78 is 4.88. The van der Waals surface area contributed by atoms with E-state index < -0.39 is 28.7 Å². The van der Waals surface area contributed by atoms with Crippen LogP contribution in [-0.2, 0) is 14.4 Å². The Morgan fingerprint density at radius 1 is 1.11 bits per heavy atom. The first-order valence-electron chi connectivity index (χ1n) is 17.3. The van der Waals surface area contributed by atoms with E-state index in [1.54, 1.807) is 33.7 Å². The van der Waals surface area contributed by atoms with Crippen molar-refractivity contribution in [3.8, 4) is 5.75 Å². The van der Waals surface area contributed by atoms with Gasteiger partial charge in [0.2, 0.25) is 17.7 Å². The zero-order valence-electron chi connectivity index (χ0n) is 28.1. The summed E-state index contributed by atoms with van der Waals surface area (Å²) in [5, 5.41) is 10.7. The van der Waals surface area contributed by atoms with E-state index in [0.717, 1.165) is 43.5 Å². The predicted molar refractivity (Wildman–Crippen MR) is 185 cm³/mol. The number of anilines is 1. The largest absolute Gasteiger partial charge is 0.494 e. The van der Waals surface area contributed by atoms with Crippen LogP contribution in [0, 0.1) is 23.7 Å². The average molecular weight is 652 g/mol. The fourth-order valence-electron chi connectivity index (χ4n) is 8.86. The number of carbonyl (C=O) groups excluding carboxylic acids is 3. The lowest BCUT2D eigenvalue weighted by Crippen LogP contribution is -2.61. The van der Waals surface area contributed by atoms with Crippen molar-refractivity contribution < 1.29 is 24.2 Å². The second kappa shape index (κ2) is 14.5. The van der Waals surface area contributed by atoms with E-state index in [0.29, 0.717) is 26.1 Å². The minimum atomic E-state index is -0.754. The molecule has 1 N–H and O–H groups in total. The van der Waals surface area contributed by atoms with Gasteiger partial charge in [0.1, 0.15) is 11.8 Å². The molecule has 1 spiro atoms. The van der Waals surface area contributed by atoms with Gasteiger partial charge in [-0.15, -0.1) is 24.9 Å². The number of rotatable bonds is 14. The van der Waals surface area contributed by atoms with Gasteiger partial charge in [0.05, 0.1) is 35.8 Å². The number of aliphatic hydroxyl groups excluding tert-OH is 1. The van der Waals surface area contributed by atoms with Gasteiger partial charge in [0.25, 0.3) is 0 Å². The van der Waals surface area contributed by atoms with Gasteiger partial charge < -0.3 is 24.5 Å². The number of amides is 3. The molecule has 2 bridgehead atoms. The molecule has 7 atom stereocenters. The van der Waals surface area contributed by atoms with E-state index in [1.165, 1.54) is 6.42 Å². The fraction of sp³-hybridized carbons (Fsp3) is 0.649. The third-order valence-corrected chi connectivity index (χ3v) is 12.8. The van der Waals surface area contributed by atoms with Gasteiger partial charge in [-0.25, -0.2) is 0 Å². The van der Waals surface area contributed by atoms with Crippen LogP contribution in [0.1, 0.15) is 72.6 Å². The van der Waals surface area contributed by atoms with Crippen molar-refractivity contribution in [1.29, 1.82) is 0 Å². The summed E-state index contributed by atoms with van der Waals surface area (Å²) in [5.74, 6) is -0.567. The molecule has 8 nitrogen and oxygen atoms in total. The first-order chi connectivity index (χ1) is 22.1. The number of benzene rings is 1. The van der Waals surface area contributed by atoms with Crippen molar-refractivity contribution in [3.05, 3.63) is 49.6 Å². The van der Waals surface area contributed by atoms with Crippen molar-refractivity contribution in [1.82, 2.24) is 9.80 Å². The summed E-state index contributed by atoms with van der Waals surface area (Å²) >= 11 is 1.70. The van der Waals surface area contributed by atoms with E-state index in [4.69, 9.17) is 4.74 Å². The number of carbonyl (C=O) groups is 3. The molecule has 5 rings (SSSR count). The zero-order valence-corrected chi connectivity index (χ0v) is 28.9. The first kappa shape index (κ1) is 34.6. The number of nitrogens with zero attached hydrogens (tertiary/aromatic N) is 3. The van der Waals surface area contributed by atoms with Gasteiger partial charge in [-0.1, -0.05) is 52.2 Å². The molecule has 4 fully saturated rings. The average Bonchev–Trinajstić information content (AvgIpc) is 3.65. The van der Waals surface area contributed by atoms with E-state index in [1.807, 2.05) is 36.1 Å². The molecule has 3 amide bonds. The Balaban J connectivity index is 1.58. The second-order valence-corrected chi connectivity index (χ2v) is 15.5. The summed E-state index contributed by atoms with van der Waals surface area (Å²) in [6, 6.07) is 6.32. The van der Waals surface area contributed by atoms with Crippen LogP contribution in [-0.4, -0.2) is 87.1 Å². The molecule has 1 saturated carbocycles. The number of fused-ring (bicyclic) bond motifs is 1. The lowest BCUT2D eigenvalue weighted by atomic mass is 9.65. The van der Waals surface area contributed by atoms with Crippen molar-refractivity contribution in [2.24, 2.45) is 23.7 Å². The zero-order chi connectivity index (χ0) is 33.2. The molecule has 0 aromatic heterocycles. The van der Waals surface area contributed by atoms with E-state index in [-0.39, 0.29) is 47.5 Å². The molecular formula is C37H53N3O5S. The highest BCUT2D eigenvalue weighted by molar-refractivity contribution is 8.02. The third-order valence-electron chi connectivity index (χ3n) is 10.7. The van der Waals surface area contributed by atoms with Crippen LogP contribution in [0.2, 0.25) is 0 Å². The highest BCUT2D eigenvalue weighted by atomic mass is 32.2. The Bertz CT molecular complexity index is 1280. The molecule has 4 aliphatic rings. The predicted octanol–water partition coefficient (Wildman–Crippen LogP) is 5.70. The van der Waals surface area contributed by atoms with Crippen molar-refractivity contribution >= 4 is 35.2 Å². The summed E-state index contributed by atoms with van der Waals surface area (Å²) in [6.07, 6.45) is 10.0. The molecule has 1 aromatic carbocycles. The third kappa shape index (κ3) is 6.02. The molecule has 0 radical (unpaired) electrons. The highest BCUT2D eigenvalue weighted by Gasteiger charge is 2.77. The molecule has 1 aromatic rings. The van der Waals surface area contributed by atoms with E-state index in [9.17, 15) is 14.7 Å². The minimum absolute atomic E-state index is 0.0487. The van der Waals surface area contributed by atoms with Gasteiger partial charge in [-0.05, 0) is 68.7 Å². The summed E-state index contributed by atoms with van der Waals surface area (Å²) in [7, 11) is 0. The molecular weight excluding hydrogens is 598 g/mol. The summed E-state index contributed by atoms with van der Waals surface area (Å²) in [4.78, 5) is 50.1. The minimum Gasteiger partial charge on any atom is -0.494 e. The topological polar surface area (TPSA) is 90.4 Å². The van der Waals surface area contributed by atoms with Gasteiger partial charge in [-0.2, -0.15) is 0 Å². The van der Waals surface area contributed by atoms with Gasteiger partial charge in [-0.3, -0.25) is 14.4 Å². The Kier molecular flexibility index (Phi) is 10.9. The van der Waals surface area contributed by atoms with Crippen LogP contribution in [0.3, 0.4) is 0 Å². The van der Waals surface area contributed by atoms with E-state index in [2.05, 4.69) is 33.9 Å². The molecule has 3 heterocycles. The number of likely N-dealkylation sites (tertiary alicyclic amines) is 1. The van der Waals surface area contributed by atoms with Crippen LogP contribution >= 0.6 is 11.8 Å². The van der Waals surface area contributed by atoms with Crippen LogP contribution in [0.4, 0.5) is 5.69 Å². The Hall–Kier alpha value is -2.78. The normalized spacial score (nSPS) is 29.5. The quantitative estimate of drug-likeness (QED) is 0.260. The Morgan fingerprint density at radius 3 is 2.37 bits per heavy atom. The second-order valence-electron chi connectivity index (χ2n) is 14.0. The maximum absolute atomic E-state index is 15.1. The number of aliphatic hydroxyl groups is 1. The van der Waals surface area contributed by atoms with E-state index >= 15 is 4.79 Å². The SMILES string of the molecule is C=CCN(C(=O)[C@@H]1[C@@H]2CC(C)C3(S2)C(C(=O)N(CC=C)C2CCCCC2)N([C@@H](CO)CC(C)C)C(=O)[C@H]13)c1ccc(OCC)cc1. The van der Waals surface area contributed by atoms with Crippen molar-refractivity contribution in [2.75, 3.05) is 31.2 Å². The molecule has 3 aliphatic heterocycles. The van der Waals surface area contributed by atoms with Crippen molar-refractivity contribution in [3.63, 3.8) is 0 Å². The monoisotopic (exact) mass is 651 g/mol. The smallest absolute Gasteiger partial charge is 0.247 e. The number of hydrogen-bond donors (Lipinski definition) is 1. The number of ether oxygens (including phenoxy) is 1. The maximum Gasteiger partial charge on any atom is 0.247 e. The molecule has 252 valence electrons. The standard InChI is InChI=1S/C37H53N3O5S/c1-7-19-38(27-15-17-29(18-16-27)45-9-3)34(42)31-30-22-25(6)37(46-30)32(31)35(43)40(28(23-41)21-24(4)5)33(37)36(44)39(20-8-2)26-13-11-10-12-14-26/h7-8,15-18,24-26,28,30-33,41H,1-2,9-14,19-23H2,3-6H3/t25?,28-,30+,31-,32+,33?,37?/m1/s1. The summed E-state index contributed by atoms with van der Waals surface area (Å²) in [6.45, 7) is 17.2. The van der Waals surface area contributed by atoms with Crippen molar-refractivity contribution in [2.45, 2.75) is 101 Å². The lowest BCUT2D eigenvalue weighted by molar-refractivity contribution is -0.147. The molecule has 3 unspecified atom stereocenters. The molecule has 9 heteroatoms. The number of thioether (sulfide) groups is 1. The van der Waals surface area contributed by atoms with Crippen LogP contribution in [0.25, 0.3) is 0 Å². The van der Waals surface area contributed by atoms with Gasteiger partial charge >= 0.3 is 0 Å². The summed E-state index contributed by atoms with van der Waals surface area (Å²) in [5.41, 5.74) is 0.723. The van der Waals surface area contributed by atoms with Crippen LogP contribution in [0.5, 0.6) is 5.75 Å². The number of hydrogen-bond acceptors (Lipinski definition) is 6. The first-order valence-corrected chi connectivity index (χ1v) is 18.2. The van der Waals surface area contributed by atoms with Crippen LogP contribution < -0.4 is 9.64 Å². The lowest BCUT2D eigenvalue weighted by Gasteiger charge is -2.44. The van der Waals surface area contributed by atoms with Gasteiger partial charge in [0.15, 0.2) is 0 Å². The maximum atomic E-state index is 15.1. The molecule has 46 heavy (non-hydrogen) atoms. The fourth-order valence-corrected chi connectivity index (χ4v) is 11.3. The van der Waals surface area contributed by atoms with Gasteiger partial charge in [0, 0.05) is 30.1 Å². The molecule has 3 saturated heterocycles.